The van der Waals surface area contributed by atoms with Crippen LogP contribution in [0.1, 0.15) is 106 Å². The van der Waals surface area contributed by atoms with Crippen molar-refractivity contribution < 1.29 is 14.4 Å². The molecule has 0 spiro atoms. The molecular formula is C35H48N2O3. The first kappa shape index (κ1) is 27.9. The monoisotopic (exact) mass is 544 g/mol. The van der Waals surface area contributed by atoms with E-state index in [1.54, 1.807) is 0 Å². The quantitative estimate of drug-likeness (QED) is 0.382. The molecule has 1 saturated heterocycles. The van der Waals surface area contributed by atoms with Gasteiger partial charge in [0.15, 0.2) is 11.6 Å². The summed E-state index contributed by atoms with van der Waals surface area (Å²) < 4.78 is 0. The molecule has 7 atom stereocenters. The van der Waals surface area contributed by atoms with E-state index in [0.29, 0.717) is 6.42 Å². The average molecular weight is 545 g/mol. The number of nitriles is 1. The van der Waals surface area contributed by atoms with E-state index < -0.39 is 10.8 Å². The highest BCUT2D eigenvalue weighted by Gasteiger charge is 2.70. The first-order valence-corrected chi connectivity index (χ1v) is 15.8. The van der Waals surface area contributed by atoms with Gasteiger partial charge in [-0.2, -0.15) is 5.26 Å². The van der Waals surface area contributed by atoms with Gasteiger partial charge in [0.05, 0.1) is 5.57 Å². The van der Waals surface area contributed by atoms with Crippen LogP contribution in [0.2, 0.25) is 0 Å². The van der Waals surface area contributed by atoms with Gasteiger partial charge in [0.2, 0.25) is 5.91 Å². The van der Waals surface area contributed by atoms with Crippen molar-refractivity contribution in [2.75, 3.05) is 13.1 Å². The molecule has 2 unspecified atom stereocenters. The van der Waals surface area contributed by atoms with Gasteiger partial charge in [-0.15, -0.1) is 0 Å². The molecule has 1 amide bonds. The number of nitrogens with zero attached hydrogens (tertiary/aromatic N) is 2. The van der Waals surface area contributed by atoms with Crippen LogP contribution in [0.4, 0.5) is 0 Å². The Bertz CT molecular complexity index is 1300. The normalized spacial score (nSPS) is 45.4. The van der Waals surface area contributed by atoms with Crippen LogP contribution in [0, 0.1) is 61.6 Å². The zero-order chi connectivity index (χ0) is 29.1. The maximum absolute atomic E-state index is 14.6. The predicted molar refractivity (Wildman–Crippen MR) is 155 cm³/mol. The topological polar surface area (TPSA) is 78.2 Å². The van der Waals surface area contributed by atoms with Crippen molar-refractivity contribution in [3.8, 4) is 6.07 Å². The molecule has 3 saturated carbocycles. The molecule has 1 aliphatic heterocycles. The van der Waals surface area contributed by atoms with Crippen molar-refractivity contribution in [1.82, 2.24) is 4.90 Å². The van der Waals surface area contributed by atoms with E-state index in [9.17, 15) is 19.6 Å². The third-order valence-electron chi connectivity index (χ3n) is 13.7. The van der Waals surface area contributed by atoms with E-state index in [0.717, 1.165) is 70.0 Å². The van der Waals surface area contributed by atoms with Gasteiger partial charge >= 0.3 is 0 Å². The summed E-state index contributed by atoms with van der Waals surface area (Å²) in [6, 6.07) is 2.21. The highest BCUT2D eigenvalue weighted by atomic mass is 16.2. The van der Waals surface area contributed by atoms with Crippen molar-refractivity contribution in [2.24, 2.45) is 50.2 Å². The summed E-state index contributed by atoms with van der Waals surface area (Å²) in [6.45, 7) is 17.4. The number of likely N-dealkylation sites (tertiary alicyclic amines) is 1. The molecule has 5 nitrogen and oxygen atoms in total. The van der Waals surface area contributed by atoms with Crippen LogP contribution < -0.4 is 0 Å². The highest BCUT2D eigenvalue weighted by molar-refractivity contribution is 6.04. The zero-order valence-electron chi connectivity index (χ0n) is 25.8. The van der Waals surface area contributed by atoms with Gasteiger partial charge in [-0.1, -0.05) is 60.1 Å². The Labute approximate surface area is 240 Å². The first-order chi connectivity index (χ1) is 18.5. The van der Waals surface area contributed by atoms with E-state index in [4.69, 9.17) is 0 Å². The number of amides is 1. The summed E-state index contributed by atoms with van der Waals surface area (Å²) in [4.78, 5) is 42.8. The van der Waals surface area contributed by atoms with Gasteiger partial charge in [0, 0.05) is 36.3 Å². The molecule has 4 fully saturated rings. The summed E-state index contributed by atoms with van der Waals surface area (Å²) in [5.74, 6) is 0.732. The van der Waals surface area contributed by atoms with Crippen LogP contribution in [0.3, 0.4) is 0 Å². The molecule has 5 heteroatoms. The van der Waals surface area contributed by atoms with Crippen LogP contribution in [-0.4, -0.2) is 35.5 Å². The standard InChI is InChI=1S/C35H48N2O3/c1-30(2)12-14-35(21-37-16-8-9-27(37)39)15-13-34(7)28(23(35)19-30)24(38)17-26-32(5)18-22(20-36)29(40)31(3,4)25(32)10-11-33(26,34)6/h17-18,23,25,28H,8-16,19,21H2,1-7H3/t23?,25?,28-,32-,33+,34+,35+/m0/s1. The maximum Gasteiger partial charge on any atom is 0.222 e. The van der Waals surface area contributed by atoms with Crippen LogP contribution in [0.5, 0.6) is 0 Å². The molecule has 40 heavy (non-hydrogen) atoms. The van der Waals surface area contributed by atoms with Gasteiger partial charge < -0.3 is 4.90 Å². The molecule has 0 aromatic heterocycles. The number of rotatable bonds is 2. The molecule has 0 aromatic rings. The van der Waals surface area contributed by atoms with Crippen LogP contribution in [-0.2, 0) is 14.4 Å². The fourth-order valence-corrected chi connectivity index (χ4v) is 11.3. The average Bonchev–Trinajstić information content (AvgIpc) is 3.27. The fourth-order valence-electron chi connectivity index (χ4n) is 11.3. The molecule has 0 bridgehead atoms. The fraction of sp³-hybridized carbons (Fsp3) is 0.771. The molecule has 1 heterocycles. The Morgan fingerprint density at radius 1 is 0.975 bits per heavy atom. The number of allylic oxidation sites excluding steroid dienone is 4. The van der Waals surface area contributed by atoms with Crippen LogP contribution in [0.25, 0.3) is 0 Å². The number of hydrogen-bond donors (Lipinski definition) is 0. The Morgan fingerprint density at radius 3 is 2.33 bits per heavy atom. The maximum atomic E-state index is 14.6. The lowest BCUT2D eigenvalue weighted by Crippen LogP contribution is -2.65. The summed E-state index contributed by atoms with van der Waals surface area (Å²) in [5, 5.41) is 9.94. The number of hydrogen-bond acceptors (Lipinski definition) is 4. The molecule has 0 aromatic carbocycles. The van der Waals surface area contributed by atoms with E-state index >= 15 is 0 Å². The third-order valence-corrected chi connectivity index (χ3v) is 13.7. The lowest BCUT2D eigenvalue weighted by atomic mass is 9.34. The van der Waals surface area contributed by atoms with Gasteiger partial charge in [0.25, 0.3) is 0 Å². The molecule has 6 aliphatic rings. The third kappa shape index (κ3) is 3.46. The van der Waals surface area contributed by atoms with Gasteiger partial charge in [0.1, 0.15) is 6.07 Å². The Hall–Kier alpha value is -2.22. The number of carbonyl (C=O) groups excluding carboxylic acids is 3. The van der Waals surface area contributed by atoms with Crippen molar-refractivity contribution in [3.05, 3.63) is 23.3 Å². The van der Waals surface area contributed by atoms with E-state index in [-0.39, 0.29) is 62.5 Å². The van der Waals surface area contributed by atoms with E-state index in [1.807, 2.05) is 26.0 Å². The largest absolute Gasteiger partial charge is 0.342 e. The van der Waals surface area contributed by atoms with Crippen molar-refractivity contribution >= 4 is 17.5 Å². The minimum absolute atomic E-state index is 0.00525. The molecule has 0 N–H and O–H groups in total. The van der Waals surface area contributed by atoms with Crippen LogP contribution >= 0.6 is 0 Å². The molecule has 6 rings (SSSR count). The number of Topliss-reactive ketones (excluding diaryl/α,β-unsaturated/α-hetero) is 1. The smallest absolute Gasteiger partial charge is 0.222 e. The molecule has 5 aliphatic carbocycles. The molecule has 216 valence electrons. The van der Waals surface area contributed by atoms with E-state index in [1.165, 1.54) is 0 Å². The summed E-state index contributed by atoms with van der Waals surface area (Å²) >= 11 is 0. The highest BCUT2D eigenvalue weighted by Crippen LogP contribution is 2.74. The Morgan fingerprint density at radius 2 is 1.68 bits per heavy atom. The minimum atomic E-state index is -0.644. The predicted octanol–water partition coefficient (Wildman–Crippen LogP) is 6.83. The Balaban J connectivity index is 1.48. The lowest BCUT2D eigenvalue weighted by molar-refractivity contribution is -0.175. The second-order valence-corrected chi connectivity index (χ2v) is 16.5. The number of fused-ring (bicyclic) bond motifs is 7. The lowest BCUT2D eigenvalue weighted by Gasteiger charge is -2.69. The van der Waals surface area contributed by atoms with Crippen molar-refractivity contribution in [1.29, 1.82) is 5.26 Å². The second kappa shape index (κ2) is 8.42. The van der Waals surface area contributed by atoms with Gasteiger partial charge in [-0.05, 0) is 90.9 Å². The van der Waals surface area contributed by atoms with Crippen molar-refractivity contribution in [3.63, 3.8) is 0 Å². The summed E-state index contributed by atoms with van der Waals surface area (Å²) in [7, 11) is 0. The number of carbonyl (C=O) groups is 3. The summed E-state index contributed by atoms with van der Waals surface area (Å²) in [6.07, 6.45) is 12.7. The molecular weight excluding hydrogens is 496 g/mol. The first-order valence-electron chi connectivity index (χ1n) is 15.8. The minimum Gasteiger partial charge on any atom is -0.342 e. The van der Waals surface area contributed by atoms with Gasteiger partial charge in [-0.25, -0.2) is 0 Å². The second-order valence-electron chi connectivity index (χ2n) is 16.5. The SMILES string of the molecule is CC1(C)CC[C@]2(CN3CCCC3=O)CC[C@]3(C)[C@H](C(=O)C=C4[C@@]5(C)C=C(C#N)C(=O)C(C)(C)C5CC[C@]43C)C2C1. The molecule has 0 radical (unpaired) electrons. The van der Waals surface area contributed by atoms with Gasteiger partial charge in [-0.3, -0.25) is 14.4 Å². The van der Waals surface area contributed by atoms with Crippen LogP contribution in [0.15, 0.2) is 23.3 Å². The number of ketones is 2. The summed E-state index contributed by atoms with van der Waals surface area (Å²) in [5.41, 5.74) is 0.0501. The Kier molecular flexibility index (Phi) is 5.88. The zero-order valence-corrected chi connectivity index (χ0v) is 25.8. The van der Waals surface area contributed by atoms with Crippen molar-refractivity contribution in [2.45, 2.75) is 106 Å². The van der Waals surface area contributed by atoms with E-state index in [2.05, 4.69) is 45.6 Å².